The summed E-state index contributed by atoms with van der Waals surface area (Å²) in [5, 5.41) is 1.94. The molecule has 4 heteroatoms. The molecule has 0 aliphatic heterocycles. The van der Waals surface area contributed by atoms with Gasteiger partial charge >= 0.3 is 0 Å². The van der Waals surface area contributed by atoms with Gasteiger partial charge in [0.05, 0.1) is 22.3 Å². The average Bonchev–Trinajstić information content (AvgIpc) is 3.76. The molecule has 0 saturated carbocycles. The van der Waals surface area contributed by atoms with E-state index in [4.69, 9.17) is 19.4 Å². The molecule has 10 aromatic rings. The average molecular weight is 796 g/mol. The monoisotopic (exact) mass is 795 g/mol. The Morgan fingerprint density at radius 3 is 1.47 bits per heavy atom. The Morgan fingerprint density at radius 2 is 0.887 bits per heavy atom. The maximum absolute atomic E-state index is 6.90. The fraction of sp³-hybridized carbons (Fsp3) is 0.0172. The third-order valence-electron chi connectivity index (χ3n) is 11.3. The summed E-state index contributed by atoms with van der Waals surface area (Å²) in [6.07, 6.45) is 0. The lowest BCUT2D eigenvalue weighted by Crippen LogP contribution is -2.04. The summed E-state index contributed by atoms with van der Waals surface area (Å²) >= 11 is 0. The van der Waals surface area contributed by atoms with E-state index < -0.39 is 0 Å². The second-order valence-corrected chi connectivity index (χ2v) is 15.3. The van der Waals surface area contributed by atoms with Gasteiger partial charge in [-0.25, -0.2) is 15.0 Å². The van der Waals surface area contributed by atoms with Crippen LogP contribution in [0.25, 0.3) is 83.5 Å². The van der Waals surface area contributed by atoms with Crippen molar-refractivity contribution in [2.45, 2.75) is 6.92 Å². The summed E-state index contributed by atoms with van der Waals surface area (Å²) < 4.78 is 6.90. The topological polar surface area (TPSA) is 50.8 Å². The molecule has 294 valence electrons. The fourth-order valence-corrected chi connectivity index (χ4v) is 8.04. The summed E-state index contributed by atoms with van der Waals surface area (Å²) in [5.74, 6) is 1.40. The summed E-state index contributed by atoms with van der Waals surface area (Å²) in [4.78, 5) is 15.6. The number of hydrogen-bond acceptors (Lipinski definition) is 3. The van der Waals surface area contributed by atoms with Crippen molar-refractivity contribution in [1.29, 1.82) is 0 Å². The van der Waals surface area contributed by atoms with E-state index in [1.807, 2.05) is 61.5 Å². The molecule has 0 unspecified atom stereocenters. The highest BCUT2D eigenvalue weighted by molar-refractivity contribution is 6.17. The zero-order valence-electron chi connectivity index (χ0n) is 34.2. The summed E-state index contributed by atoms with van der Waals surface area (Å²) in [6.45, 7) is 6.51. The van der Waals surface area contributed by atoms with Crippen LogP contribution in [0.15, 0.2) is 239 Å². The van der Waals surface area contributed by atoms with Gasteiger partial charge in [-0.1, -0.05) is 213 Å². The number of nitrogens with zero attached hydrogens (tertiary/aromatic N) is 3. The number of pyridine rings is 1. The zero-order chi connectivity index (χ0) is 41.8. The van der Waals surface area contributed by atoms with Crippen LogP contribution in [-0.4, -0.2) is 16.5 Å². The molecular weight excluding hydrogens is 755 g/mol. The van der Waals surface area contributed by atoms with Gasteiger partial charge in [0.25, 0.3) is 0 Å². The summed E-state index contributed by atoms with van der Waals surface area (Å²) in [6, 6.07) is 75.0. The molecule has 0 atom stereocenters. The van der Waals surface area contributed by atoms with Gasteiger partial charge in [0.15, 0.2) is 5.84 Å². The molecule has 0 radical (unpaired) electrons. The van der Waals surface area contributed by atoms with E-state index in [1.165, 1.54) is 5.56 Å². The number of hydrogen-bond donors (Lipinski definition) is 0. The highest BCUT2D eigenvalue weighted by Crippen LogP contribution is 2.46. The molecule has 8 aromatic carbocycles. The number of para-hydroxylation sites is 1. The minimum Gasteiger partial charge on any atom is -0.455 e. The third-order valence-corrected chi connectivity index (χ3v) is 11.3. The van der Waals surface area contributed by atoms with Crippen molar-refractivity contribution in [3.8, 4) is 56.0 Å². The highest BCUT2D eigenvalue weighted by atomic mass is 16.3. The maximum atomic E-state index is 6.90. The fourth-order valence-electron chi connectivity index (χ4n) is 8.04. The molecule has 0 amide bonds. The van der Waals surface area contributed by atoms with Crippen LogP contribution < -0.4 is 0 Å². The number of fused-ring (bicyclic) bond motifs is 3. The molecule has 0 spiro atoms. The molecule has 0 aliphatic carbocycles. The van der Waals surface area contributed by atoms with E-state index in [1.54, 1.807) is 0 Å². The summed E-state index contributed by atoms with van der Waals surface area (Å²) in [5.41, 5.74) is 15.4. The Hall–Kier alpha value is -8.21. The van der Waals surface area contributed by atoms with Gasteiger partial charge < -0.3 is 4.42 Å². The van der Waals surface area contributed by atoms with Gasteiger partial charge in [0, 0.05) is 33.4 Å². The van der Waals surface area contributed by atoms with Crippen molar-refractivity contribution in [2.24, 2.45) is 9.98 Å². The number of rotatable bonds is 9. The van der Waals surface area contributed by atoms with Crippen molar-refractivity contribution in [3.63, 3.8) is 0 Å². The Bertz CT molecular complexity index is 3240. The molecule has 0 N–H and O–H groups in total. The predicted octanol–water partition coefficient (Wildman–Crippen LogP) is 15.2. The Labute approximate surface area is 361 Å². The van der Waals surface area contributed by atoms with Crippen LogP contribution in [0.3, 0.4) is 0 Å². The van der Waals surface area contributed by atoms with Crippen molar-refractivity contribution < 1.29 is 4.42 Å². The Morgan fingerprint density at radius 1 is 0.435 bits per heavy atom. The van der Waals surface area contributed by atoms with Gasteiger partial charge in [0.1, 0.15) is 11.3 Å². The predicted molar refractivity (Wildman–Crippen MR) is 259 cm³/mol. The van der Waals surface area contributed by atoms with E-state index in [0.717, 1.165) is 94.7 Å². The first-order chi connectivity index (χ1) is 30.6. The van der Waals surface area contributed by atoms with Crippen molar-refractivity contribution in [3.05, 3.63) is 242 Å². The largest absolute Gasteiger partial charge is 0.455 e. The Balaban J connectivity index is 1.05. The van der Waals surface area contributed by atoms with E-state index in [-0.39, 0.29) is 0 Å². The first kappa shape index (κ1) is 38.0. The number of aromatic nitrogens is 1. The van der Waals surface area contributed by atoms with E-state index in [0.29, 0.717) is 11.5 Å². The van der Waals surface area contributed by atoms with Gasteiger partial charge in [-0.05, 0) is 58.0 Å². The number of aliphatic imine (C=N–C) groups is 2. The molecule has 0 saturated heterocycles. The molecule has 0 aliphatic rings. The van der Waals surface area contributed by atoms with Crippen LogP contribution in [-0.2, 0) is 0 Å². The molecule has 2 aromatic heterocycles. The molecule has 62 heavy (non-hydrogen) atoms. The lowest BCUT2D eigenvalue weighted by Gasteiger charge is -2.11. The van der Waals surface area contributed by atoms with Crippen molar-refractivity contribution in [2.75, 3.05) is 0 Å². The van der Waals surface area contributed by atoms with Crippen LogP contribution in [0, 0.1) is 0 Å². The van der Waals surface area contributed by atoms with Gasteiger partial charge in [0.2, 0.25) is 0 Å². The van der Waals surface area contributed by atoms with Crippen LogP contribution in [0.5, 0.6) is 0 Å². The summed E-state index contributed by atoms with van der Waals surface area (Å²) in [7, 11) is 0. The normalized spacial score (nSPS) is 11.9. The van der Waals surface area contributed by atoms with Crippen LogP contribution in [0.1, 0.15) is 23.6 Å². The van der Waals surface area contributed by atoms with Crippen molar-refractivity contribution >= 4 is 39.1 Å². The van der Waals surface area contributed by atoms with Gasteiger partial charge in [-0.15, -0.1) is 0 Å². The van der Waals surface area contributed by atoms with E-state index in [2.05, 4.69) is 170 Å². The molecule has 4 nitrogen and oxygen atoms in total. The first-order valence-corrected chi connectivity index (χ1v) is 20.8. The SMILES string of the molecule is C=C(N=C(N=C(C)c1ccc(-c2ccccc2)cc1)c1ccc(-c2ccccc2)cc1)c1ccc(-c2nc3ccccc3c3oc(-c4ccccc4)c(-c4ccccc4)c23)cc1. The van der Waals surface area contributed by atoms with Crippen LogP contribution >= 0.6 is 0 Å². The number of furan rings is 1. The van der Waals surface area contributed by atoms with Crippen LogP contribution in [0.2, 0.25) is 0 Å². The highest BCUT2D eigenvalue weighted by Gasteiger charge is 2.24. The zero-order valence-corrected chi connectivity index (χ0v) is 34.2. The van der Waals surface area contributed by atoms with Gasteiger partial charge in [-0.2, -0.15) is 0 Å². The van der Waals surface area contributed by atoms with Gasteiger partial charge in [-0.3, -0.25) is 0 Å². The quantitative estimate of drug-likeness (QED) is 0.108. The second-order valence-electron chi connectivity index (χ2n) is 15.3. The lowest BCUT2D eigenvalue weighted by molar-refractivity contribution is 0.636. The maximum Gasteiger partial charge on any atom is 0.160 e. The second kappa shape index (κ2) is 16.8. The van der Waals surface area contributed by atoms with E-state index in [9.17, 15) is 0 Å². The molecule has 0 fully saturated rings. The molecular formula is C58H41N3O. The molecule has 2 heterocycles. The Kier molecular flexibility index (Phi) is 10.3. The molecule has 10 rings (SSSR count). The van der Waals surface area contributed by atoms with E-state index >= 15 is 0 Å². The number of amidine groups is 1. The molecule has 0 bridgehead atoms. The lowest BCUT2D eigenvalue weighted by atomic mass is 9.94. The standard InChI is InChI=1S/C58H41N3O/c1-39(41-27-31-45(32-28-41)43-17-7-3-8-18-43)59-58(50-37-33-46(34-38-50)44-19-9-4-10-20-44)60-40(2)42-29-35-48(36-30-42)55-54-53(47-21-11-5-12-22-47)56(49-23-13-6-14-24-49)62-57(54)51-25-15-16-26-52(51)61-55/h3-38H,2H2,1H3. The minimum absolute atomic E-state index is 0.584. The van der Waals surface area contributed by atoms with Crippen molar-refractivity contribution in [1.82, 2.24) is 4.98 Å². The van der Waals surface area contributed by atoms with Crippen LogP contribution in [0.4, 0.5) is 0 Å². The number of benzene rings is 8. The third kappa shape index (κ3) is 7.58. The smallest absolute Gasteiger partial charge is 0.160 e. The minimum atomic E-state index is 0.584. The first-order valence-electron chi connectivity index (χ1n) is 20.8.